The van der Waals surface area contributed by atoms with Gasteiger partial charge in [0.2, 0.25) is 0 Å². The lowest BCUT2D eigenvalue weighted by atomic mass is 10.2. The van der Waals surface area contributed by atoms with Gasteiger partial charge in [0.25, 0.3) is 0 Å². The lowest BCUT2D eigenvalue weighted by molar-refractivity contribution is -0.241. The smallest absolute Gasteiger partial charge is 0.373 e. The third-order valence-electron chi connectivity index (χ3n) is 1.92. The molecule has 1 rings (SSSR count). The first kappa shape index (κ1) is 12.5. The lowest BCUT2D eigenvalue weighted by Gasteiger charge is -2.04. The van der Waals surface area contributed by atoms with Crippen LogP contribution in [-0.2, 0) is 9.78 Å². The van der Waals surface area contributed by atoms with Gasteiger partial charge in [-0.1, -0.05) is 19.4 Å². The number of methoxy groups -OCH3 is 1. The maximum absolute atomic E-state index is 11.5. The molecule has 1 aromatic rings. The van der Waals surface area contributed by atoms with E-state index in [-0.39, 0.29) is 0 Å². The summed E-state index contributed by atoms with van der Waals surface area (Å²) in [6, 6.07) is 6.69. The highest BCUT2D eigenvalue weighted by atomic mass is 17.2. The Hall–Kier alpha value is -1.55. The highest BCUT2D eigenvalue weighted by Crippen LogP contribution is 2.13. The summed E-state index contributed by atoms with van der Waals surface area (Å²) in [4.78, 5) is 20.8. The van der Waals surface area contributed by atoms with Crippen LogP contribution in [0, 0.1) is 6.92 Å². The number of carbonyl (C=O) groups is 1. The van der Waals surface area contributed by atoms with E-state index >= 15 is 0 Å². The Balaban J connectivity index is 2.46. The molecule has 0 unspecified atom stereocenters. The molecule has 0 fully saturated rings. The Morgan fingerprint density at radius 3 is 2.94 bits per heavy atom. The van der Waals surface area contributed by atoms with E-state index in [9.17, 15) is 4.79 Å². The van der Waals surface area contributed by atoms with Crippen LogP contribution in [0.1, 0.15) is 23.2 Å². The summed E-state index contributed by atoms with van der Waals surface area (Å²) in [6.07, 6.45) is 1.50. The van der Waals surface area contributed by atoms with Crippen LogP contribution in [0.5, 0.6) is 5.75 Å². The maximum Gasteiger partial charge on any atom is 0.373 e. The maximum atomic E-state index is 11.5. The van der Waals surface area contributed by atoms with Crippen molar-refractivity contribution in [2.24, 2.45) is 0 Å². The van der Waals surface area contributed by atoms with Crippen LogP contribution < -0.4 is 4.74 Å². The quantitative estimate of drug-likeness (QED) is 0.422. The van der Waals surface area contributed by atoms with Gasteiger partial charge in [0, 0.05) is 0 Å². The molecule has 0 atom stereocenters. The van der Waals surface area contributed by atoms with E-state index in [4.69, 9.17) is 9.62 Å². The molecule has 16 heavy (non-hydrogen) atoms. The van der Waals surface area contributed by atoms with Crippen LogP contribution in [0.25, 0.3) is 0 Å². The first-order valence-electron chi connectivity index (χ1n) is 5.05. The van der Waals surface area contributed by atoms with E-state index < -0.39 is 5.97 Å². The van der Waals surface area contributed by atoms with Crippen molar-refractivity contribution in [1.29, 1.82) is 0 Å². The van der Waals surface area contributed by atoms with Crippen LogP contribution in [-0.4, -0.2) is 19.7 Å². The molecular weight excluding hydrogens is 208 g/mol. The van der Waals surface area contributed by atoms with Crippen molar-refractivity contribution in [1.82, 2.24) is 0 Å². The minimum Gasteiger partial charge on any atom is -0.497 e. The number of ether oxygens (including phenoxy) is 1. The van der Waals surface area contributed by atoms with Gasteiger partial charge in [0.15, 0.2) is 0 Å². The van der Waals surface area contributed by atoms with Crippen molar-refractivity contribution in [3.05, 3.63) is 36.8 Å². The molecule has 0 N–H and O–H groups in total. The van der Waals surface area contributed by atoms with E-state index in [0.29, 0.717) is 17.9 Å². The fourth-order valence-corrected chi connectivity index (χ4v) is 1.05. The Morgan fingerprint density at radius 1 is 1.44 bits per heavy atom. The van der Waals surface area contributed by atoms with Gasteiger partial charge in [0.05, 0.1) is 19.3 Å². The molecule has 0 amide bonds. The second-order valence-corrected chi connectivity index (χ2v) is 3.13. The second-order valence-electron chi connectivity index (χ2n) is 3.13. The number of carbonyl (C=O) groups excluding carboxylic acids is 1. The largest absolute Gasteiger partial charge is 0.497 e. The molecular formula is C12H15O4. The topological polar surface area (TPSA) is 44.8 Å². The molecule has 1 radical (unpaired) electrons. The minimum absolute atomic E-state index is 0.360. The van der Waals surface area contributed by atoms with Gasteiger partial charge in [-0.15, -0.1) is 0 Å². The third kappa shape index (κ3) is 3.90. The average Bonchev–Trinajstić information content (AvgIpc) is 2.34. The molecule has 87 valence electrons. The molecule has 0 heterocycles. The molecule has 0 saturated carbocycles. The molecule has 4 heteroatoms. The van der Waals surface area contributed by atoms with E-state index in [2.05, 4.69) is 11.8 Å². The average molecular weight is 223 g/mol. The van der Waals surface area contributed by atoms with Crippen LogP contribution in [0.15, 0.2) is 24.3 Å². The monoisotopic (exact) mass is 223 g/mol. The highest BCUT2D eigenvalue weighted by molar-refractivity contribution is 5.89. The minimum atomic E-state index is -0.525. The van der Waals surface area contributed by atoms with E-state index in [1.54, 1.807) is 24.3 Å². The first-order chi connectivity index (χ1) is 7.77. The van der Waals surface area contributed by atoms with Crippen LogP contribution in [0.2, 0.25) is 0 Å². The summed E-state index contributed by atoms with van der Waals surface area (Å²) in [5, 5.41) is 0. The molecule has 0 aliphatic carbocycles. The van der Waals surface area contributed by atoms with Crippen LogP contribution in [0.4, 0.5) is 0 Å². The summed E-state index contributed by atoms with van der Waals surface area (Å²) in [7, 11) is 1.54. The van der Waals surface area contributed by atoms with Crippen LogP contribution >= 0.6 is 0 Å². The van der Waals surface area contributed by atoms with Crippen molar-refractivity contribution < 1.29 is 19.3 Å². The molecule has 4 nitrogen and oxygen atoms in total. The Labute approximate surface area is 95.1 Å². The summed E-state index contributed by atoms with van der Waals surface area (Å²) in [5.41, 5.74) is 0.397. The van der Waals surface area contributed by atoms with Gasteiger partial charge in [-0.25, -0.2) is 4.79 Å². The van der Waals surface area contributed by atoms with Gasteiger partial charge < -0.3 is 4.74 Å². The number of benzene rings is 1. The molecule has 0 aromatic heterocycles. The van der Waals surface area contributed by atoms with Crippen molar-refractivity contribution in [2.75, 3.05) is 13.7 Å². The molecule has 0 aliphatic rings. The zero-order valence-corrected chi connectivity index (χ0v) is 9.27. The molecule has 1 aromatic carbocycles. The fraction of sp³-hybridized carbons (Fsp3) is 0.333. The van der Waals surface area contributed by atoms with E-state index in [1.165, 1.54) is 7.11 Å². The third-order valence-corrected chi connectivity index (χ3v) is 1.92. The second kappa shape index (κ2) is 6.85. The lowest BCUT2D eigenvalue weighted by Crippen LogP contribution is -2.07. The number of hydrogen-bond donors (Lipinski definition) is 0. The Kier molecular flexibility index (Phi) is 5.36. The zero-order chi connectivity index (χ0) is 11.8. The molecule has 0 bridgehead atoms. The number of rotatable bonds is 6. The van der Waals surface area contributed by atoms with Crippen LogP contribution in [0.3, 0.4) is 0 Å². The highest BCUT2D eigenvalue weighted by Gasteiger charge is 2.08. The fourth-order valence-electron chi connectivity index (χ4n) is 1.05. The number of unbranched alkanes of at least 4 members (excludes halogenated alkanes) is 1. The summed E-state index contributed by atoms with van der Waals surface area (Å²) in [6.45, 7) is 4.01. The van der Waals surface area contributed by atoms with Gasteiger partial charge >= 0.3 is 5.97 Å². The van der Waals surface area contributed by atoms with E-state index in [0.717, 1.165) is 12.8 Å². The number of hydrogen-bond acceptors (Lipinski definition) is 4. The molecule has 0 aliphatic heterocycles. The first-order valence-corrected chi connectivity index (χ1v) is 5.05. The SMILES string of the molecule is [CH2]CCCOOC(=O)c1cccc(OC)c1. The van der Waals surface area contributed by atoms with Crippen molar-refractivity contribution >= 4 is 5.97 Å². The predicted molar refractivity (Wildman–Crippen MR) is 59.0 cm³/mol. The zero-order valence-electron chi connectivity index (χ0n) is 9.27. The van der Waals surface area contributed by atoms with Gasteiger partial charge in [-0.2, -0.15) is 4.89 Å². The van der Waals surface area contributed by atoms with Gasteiger partial charge in [-0.3, -0.25) is 4.89 Å². The van der Waals surface area contributed by atoms with Gasteiger partial charge in [-0.05, 0) is 24.6 Å². The van der Waals surface area contributed by atoms with Crippen molar-refractivity contribution in [3.8, 4) is 5.75 Å². The van der Waals surface area contributed by atoms with E-state index in [1.807, 2.05) is 0 Å². The molecule has 0 saturated heterocycles. The van der Waals surface area contributed by atoms with Crippen molar-refractivity contribution in [2.45, 2.75) is 12.8 Å². The van der Waals surface area contributed by atoms with Crippen molar-refractivity contribution in [3.63, 3.8) is 0 Å². The Bertz CT molecular complexity index is 336. The standard InChI is InChI=1S/C12H15O4/c1-3-4-8-15-16-12(13)10-6-5-7-11(9-10)14-2/h5-7,9H,1,3-4,8H2,2H3. The summed E-state index contributed by atoms with van der Waals surface area (Å²) >= 11 is 0. The molecule has 0 spiro atoms. The summed E-state index contributed by atoms with van der Waals surface area (Å²) in [5.74, 6) is 0.0789. The normalized spacial score (nSPS) is 9.88. The van der Waals surface area contributed by atoms with Gasteiger partial charge in [0.1, 0.15) is 5.75 Å². The predicted octanol–water partition coefficient (Wildman–Crippen LogP) is 2.40. The summed E-state index contributed by atoms with van der Waals surface area (Å²) < 4.78 is 4.99. The Morgan fingerprint density at radius 2 is 2.25 bits per heavy atom.